The second-order valence-electron chi connectivity index (χ2n) is 7.11. The highest BCUT2D eigenvalue weighted by Crippen LogP contribution is 2.33. The summed E-state index contributed by atoms with van der Waals surface area (Å²) in [4.78, 5) is 23.2. The summed E-state index contributed by atoms with van der Waals surface area (Å²) in [6, 6.07) is 6.59. The number of nitrogen functional groups attached to an aromatic ring is 1. The monoisotopic (exact) mass is 337 g/mol. The minimum absolute atomic E-state index is 0.0205. The number of carbonyl (C=O) groups excluding carboxylic acids is 1. The Morgan fingerprint density at radius 3 is 2.72 bits per heavy atom. The minimum Gasteiger partial charge on any atom is -0.368 e. The summed E-state index contributed by atoms with van der Waals surface area (Å²) in [5.41, 5.74) is 12.1. The number of aryl methyl sites for hydroxylation is 2. The second kappa shape index (κ2) is 6.02. The molecule has 2 heterocycles. The number of fused-ring (bicyclic) bond motifs is 1. The van der Waals surface area contributed by atoms with Crippen LogP contribution in [0.2, 0.25) is 0 Å². The second-order valence-corrected chi connectivity index (χ2v) is 7.11. The van der Waals surface area contributed by atoms with Gasteiger partial charge in [-0.05, 0) is 38.7 Å². The van der Waals surface area contributed by atoms with E-state index in [1.165, 1.54) is 12.0 Å². The largest absolute Gasteiger partial charge is 0.368 e. The number of urea groups is 1. The van der Waals surface area contributed by atoms with Crippen molar-refractivity contribution in [1.82, 2.24) is 20.2 Å². The lowest BCUT2D eigenvalue weighted by atomic mass is 9.93. The molecule has 2 amide bonds. The van der Waals surface area contributed by atoms with Gasteiger partial charge in [0.2, 0.25) is 5.95 Å². The lowest BCUT2D eigenvalue weighted by Crippen LogP contribution is -2.45. The summed E-state index contributed by atoms with van der Waals surface area (Å²) < 4.78 is 0. The van der Waals surface area contributed by atoms with Gasteiger partial charge in [-0.2, -0.15) is 0 Å². The number of hydrogen-bond acceptors (Lipinski definition) is 4. The molecule has 1 fully saturated rings. The van der Waals surface area contributed by atoms with Gasteiger partial charge >= 0.3 is 6.03 Å². The van der Waals surface area contributed by atoms with Crippen molar-refractivity contribution >= 4 is 12.0 Å². The molecule has 130 valence electrons. The Hall–Kier alpha value is -2.63. The van der Waals surface area contributed by atoms with Gasteiger partial charge in [0.25, 0.3) is 0 Å². The molecule has 0 atom stereocenters. The molecule has 2 aliphatic rings. The van der Waals surface area contributed by atoms with Crippen LogP contribution < -0.4 is 11.1 Å². The number of hydrogen-bond donors (Lipinski definition) is 2. The molecule has 0 radical (unpaired) electrons. The Morgan fingerprint density at radius 1 is 1.24 bits per heavy atom. The van der Waals surface area contributed by atoms with E-state index in [4.69, 9.17) is 5.73 Å². The number of nitrogens with one attached hydrogen (secondary N) is 1. The molecule has 0 bridgehead atoms. The maximum Gasteiger partial charge on any atom is 0.318 e. The molecule has 4 rings (SSSR count). The maximum atomic E-state index is 12.5. The van der Waals surface area contributed by atoms with Crippen molar-refractivity contribution in [2.75, 3.05) is 5.73 Å². The molecule has 1 aromatic carbocycles. The first-order chi connectivity index (χ1) is 12.0. The van der Waals surface area contributed by atoms with Crippen LogP contribution >= 0.6 is 0 Å². The first kappa shape index (κ1) is 15.9. The van der Waals surface area contributed by atoms with E-state index in [-0.39, 0.29) is 12.0 Å². The van der Waals surface area contributed by atoms with Crippen LogP contribution in [0.4, 0.5) is 10.7 Å². The maximum absolute atomic E-state index is 12.5. The zero-order valence-corrected chi connectivity index (χ0v) is 14.7. The Kier molecular flexibility index (Phi) is 3.82. The number of nitrogens with two attached hydrogens (primary N) is 1. The van der Waals surface area contributed by atoms with Crippen LogP contribution in [0.3, 0.4) is 0 Å². The summed E-state index contributed by atoms with van der Waals surface area (Å²) >= 11 is 0. The smallest absolute Gasteiger partial charge is 0.318 e. The topological polar surface area (TPSA) is 84.1 Å². The number of anilines is 1. The fraction of sp³-hybridized carbons (Fsp3) is 0.421. The van der Waals surface area contributed by atoms with Crippen LogP contribution in [-0.2, 0) is 13.1 Å². The third kappa shape index (κ3) is 2.92. The number of benzene rings is 1. The van der Waals surface area contributed by atoms with Crippen LogP contribution in [0.15, 0.2) is 18.2 Å². The van der Waals surface area contributed by atoms with Gasteiger partial charge in [0.05, 0.1) is 24.5 Å². The molecule has 0 saturated heterocycles. The fourth-order valence-corrected chi connectivity index (χ4v) is 3.54. The summed E-state index contributed by atoms with van der Waals surface area (Å²) in [5.74, 6) is 0.259. The average Bonchev–Trinajstić information content (AvgIpc) is 2.94. The number of amides is 2. The van der Waals surface area contributed by atoms with Gasteiger partial charge in [0, 0.05) is 17.2 Å². The Bertz CT molecular complexity index is 844. The lowest BCUT2D eigenvalue weighted by Gasteiger charge is -2.28. The van der Waals surface area contributed by atoms with Gasteiger partial charge in [-0.3, -0.25) is 0 Å². The van der Waals surface area contributed by atoms with Crippen LogP contribution in [0.1, 0.15) is 41.6 Å². The van der Waals surface area contributed by atoms with Crippen molar-refractivity contribution < 1.29 is 4.79 Å². The number of nitrogens with zero attached hydrogens (tertiary/aromatic N) is 3. The van der Waals surface area contributed by atoms with Gasteiger partial charge in [0.15, 0.2) is 0 Å². The molecule has 2 aromatic rings. The highest BCUT2D eigenvalue weighted by Gasteiger charge is 2.30. The molecule has 0 unspecified atom stereocenters. The highest BCUT2D eigenvalue weighted by atomic mass is 16.2. The summed E-state index contributed by atoms with van der Waals surface area (Å²) in [6.07, 6.45) is 3.35. The zero-order chi connectivity index (χ0) is 17.6. The normalized spacial score (nSPS) is 16.5. The molecule has 1 aromatic heterocycles. The van der Waals surface area contributed by atoms with Crippen LogP contribution in [0.25, 0.3) is 11.3 Å². The van der Waals surface area contributed by atoms with Crippen molar-refractivity contribution in [2.24, 2.45) is 0 Å². The SMILES string of the molecule is Cc1ccc(-c2nc(N)nc3c2CN(C(=O)NC2CCC2)C3)c(C)c1. The molecule has 6 nitrogen and oxygen atoms in total. The number of aromatic nitrogens is 2. The molecule has 6 heteroatoms. The van der Waals surface area contributed by atoms with E-state index in [1.807, 2.05) is 0 Å². The summed E-state index contributed by atoms with van der Waals surface area (Å²) in [5, 5.41) is 3.09. The van der Waals surface area contributed by atoms with Crippen molar-refractivity contribution in [2.45, 2.75) is 52.2 Å². The van der Waals surface area contributed by atoms with E-state index >= 15 is 0 Å². The van der Waals surface area contributed by atoms with E-state index in [1.54, 1.807) is 4.90 Å². The van der Waals surface area contributed by atoms with E-state index in [0.717, 1.165) is 40.9 Å². The van der Waals surface area contributed by atoms with Crippen LogP contribution in [0.5, 0.6) is 0 Å². The molecule has 25 heavy (non-hydrogen) atoms. The molecule has 3 N–H and O–H groups in total. The molecule has 0 spiro atoms. The molecular formula is C19H23N5O. The lowest BCUT2D eigenvalue weighted by molar-refractivity contribution is 0.186. The van der Waals surface area contributed by atoms with Crippen molar-refractivity contribution in [3.8, 4) is 11.3 Å². The van der Waals surface area contributed by atoms with Gasteiger partial charge in [-0.25, -0.2) is 14.8 Å². The summed E-state index contributed by atoms with van der Waals surface area (Å²) in [6.45, 7) is 5.15. The first-order valence-corrected chi connectivity index (χ1v) is 8.79. The fourth-order valence-electron chi connectivity index (χ4n) is 3.54. The third-order valence-electron chi connectivity index (χ3n) is 5.16. The number of carbonyl (C=O) groups is 1. The average molecular weight is 337 g/mol. The highest BCUT2D eigenvalue weighted by molar-refractivity contribution is 5.77. The van der Waals surface area contributed by atoms with E-state index in [0.29, 0.717) is 19.1 Å². The first-order valence-electron chi connectivity index (χ1n) is 8.79. The van der Waals surface area contributed by atoms with Gasteiger partial charge in [0.1, 0.15) is 0 Å². The van der Waals surface area contributed by atoms with Crippen molar-refractivity contribution in [3.05, 3.63) is 40.6 Å². The quantitative estimate of drug-likeness (QED) is 0.882. The molecule has 1 aliphatic heterocycles. The summed E-state index contributed by atoms with van der Waals surface area (Å²) in [7, 11) is 0. The zero-order valence-electron chi connectivity index (χ0n) is 14.7. The van der Waals surface area contributed by atoms with E-state index < -0.39 is 0 Å². The van der Waals surface area contributed by atoms with E-state index in [9.17, 15) is 4.79 Å². The van der Waals surface area contributed by atoms with Crippen LogP contribution in [-0.4, -0.2) is 26.9 Å². The Labute approximate surface area is 147 Å². The van der Waals surface area contributed by atoms with E-state index in [2.05, 4.69) is 47.3 Å². The molecule has 1 aliphatic carbocycles. The van der Waals surface area contributed by atoms with Crippen molar-refractivity contribution in [1.29, 1.82) is 0 Å². The Balaban J connectivity index is 1.65. The molecule has 1 saturated carbocycles. The van der Waals surface area contributed by atoms with Gasteiger partial charge in [-0.15, -0.1) is 0 Å². The Morgan fingerprint density at radius 2 is 2.04 bits per heavy atom. The predicted octanol–water partition coefficient (Wildman–Crippen LogP) is 2.92. The molecular weight excluding hydrogens is 314 g/mol. The third-order valence-corrected chi connectivity index (χ3v) is 5.16. The standard InChI is InChI=1S/C19H23N5O/c1-11-6-7-14(12(2)8-11)17-15-9-24(10-16(15)22-18(20)23-17)19(25)21-13-4-3-5-13/h6-8,13H,3-5,9-10H2,1-2H3,(H,21,25)(H2,20,22,23). The van der Waals surface area contributed by atoms with Crippen molar-refractivity contribution in [3.63, 3.8) is 0 Å². The minimum atomic E-state index is -0.0205. The van der Waals surface area contributed by atoms with Gasteiger partial charge in [-0.1, -0.05) is 23.8 Å². The predicted molar refractivity (Wildman–Crippen MR) is 96.8 cm³/mol. The number of rotatable bonds is 2. The van der Waals surface area contributed by atoms with Gasteiger partial charge < -0.3 is 16.0 Å². The van der Waals surface area contributed by atoms with Crippen LogP contribution in [0, 0.1) is 13.8 Å².